The summed E-state index contributed by atoms with van der Waals surface area (Å²) < 4.78 is 89.8. The van der Waals surface area contributed by atoms with E-state index in [1.165, 1.54) is 30.2 Å². The number of nitrogens with zero attached hydrogens (tertiary/aromatic N) is 6. The number of aromatic nitrogens is 4. The molecule has 0 radical (unpaired) electrons. The van der Waals surface area contributed by atoms with Crippen molar-refractivity contribution in [2.45, 2.75) is 62.6 Å². The van der Waals surface area contributed by atoms with Crippen LogP contribution in [0.25, 0.3) is 16.8 Å². The Kier molecular flexibility index (Phi) is 8.80. The number of fused-ring (bicyclic) bond motifs is 1. The Morgan fingerprint density at radius 3 is 2.52 bits per heavy atom. The monoisotopic (exact) mass is 658 g/mol. The van der Waals surface area contributed by atoms with E-state index < -0.39 is 61.2 Å². The third kappa shape index (κ3) is 6.02. The highest BCUT2D eigenvalue weighted by atomic mass is 19.4. The van der Waals surface area contributed by atoms with E-state index in [0.29, 0.717) is 21.7 Å². The molecule has 2 aliphatic heterocycles. The van der Waals surface area contributed by atoms with Crippen LogP contribution in [-0.2, 0) is 11.3 Å². The van der Waals surface area contributed by atoms with Crippen LogP contribution >= 0.6 is 0 Å². The van der Waals surface area contributed by atoms with E-state index in [0.717, 1.165) is 6.92 Å². The first-order valence-electron chi connectivity index (χ1n) is 14.4. The zero-order chi connectivity index (χ0) is 33.6. The van der Waals surface area contributed by atoms with Gasteiger partial charge in [0.15, 0.2) is 5.82 Å². The topological polar surface area (TPSA) is 151 Å². The standard InChI is InChI=1S/C28H32F6N8O4/c1-3-27(45,28(32,33)34)25(44)41-12-17(29)18(13-41)39-23(43)20-16(4-7-36-24(20)46-2)19-10-15(21-22(35)37-14-38-42(19)21)11-40-8-5-26(30,31)6-9-40/h4,7,10,14,17-18,45H,3,5-6,8-9,11-13H2,1-2H3,(H,39,43)(H2,35,37,38)/t17-,18+,27?/m0/s1. The molecule has 1 unspecified atom stereocenters. The number of aliphatic hydroxyl groups is 1. The van der Waals surface area contributed by atoms with Gasteiger partial charge in [-0.15, -0.1) is 0 Å². The van der Waals surface area contributed by atoms with Gasteiger partial charge in [-0.25, -0.2) is 27.7 Å². The predicted octanol–water partition coefficient (Wildman–Crippen LogP) is 2.60. The van der Waals surface area contributed by atoms with E-state index in [4.69, 9.17) is 10.5 Å². The second-order valence-corrected chi connectivity index (χ2v) is 11.4. The quantitative estimate of drug-likeness (QED) is 0.311. The van der Waals surface area contributed by atoms with Crippen molar-refractivity contribution >= 4 is 23.1 Å². The van der Waals surface area contributed by atoms with Crippen molar-refractivity contribution in [1.82, 2.24) is 34.7 Å². The SMILES string of the molecule is CCC(O)(C(=O)N1C[C@H](F)[C@H](NC(=O)c2c(-c3cc(CN4CCC(F)(F)CC4)c4c(N)ncnn34)ccnc2OC)C1)C(F)(F)F. The van der Waals surface area contributed by atoms with Gasteiger partial charge < -0.3 is 25.8 Å². The van der Waals surface area contributed by atoms with Gasteiger partial charge in [0.25, 0.3) is 17.7 Å². The zero-order valence-corrected chi connectivity index (χ0v) is 24.8. The minimum absolute atomic E-state index is 0.0903. The van der Waals surface area contributed by atoms with Gasteiger partial charge in [0, 0.05) is 50.8 Å². The third-order valence-corrected chi connectivity index (χ3v) is 8.44. The van der Waals surface area contributed by atoms with E-state index in [9.17, 15) is 36.6 Å². The number of hydrogen-bond acceptors (Lipinski definition) is 9. The number of alkyl halides is 6. The molecule has 3 atom stereocenters. The Bertz CT molecular complexity index is 1630. The molecular formula is C28H32F6N8O4. The van der Waals surface area contributed by atoms with E-state index in [-0.39, 0.29) is 55.3 Å². The maximum atomic E-state index is 15.1. The summed E-state index contributed by atoms with van der Waals surface area (Å²) in [6.07, 6.45) is -6.33. The molecule has 2 amide bonds. The Balaban J connectivity index is 1.46. The number of anilines is 1. The Morgan fingerprint density at radius 2 is 1.89 bits per heavy atom. The van der Waals surface area contributed by atoms with Gasteiger partial charge in [0.05, 0.1) is 25.4 Å². The smallest absolute Gasteiger partial charge is 0.426 e. The number of carbonyl (C=O) groups is 2. The molecule has 0 spiro atoms. The van der Waals surface area contributed by atoms with Gasteiger partial charge in [0.1, 0.15) is 23.6 Å². The molecule has 0 saturated carbocycles. The number of carbonyl (C=O) groups excluding carboxylic acids is 2. The normalized spacial score (nSPS) is 21.7. The minimum atomic E-state index is -5.30. The molecule has 12 nitrogen and oxygen atoms in total. The maximum absolute atomic E-state index is 15.1. The molecule has 4 N–H and O–H groups in total. The molecule has 46 heavy (non-hydrogen) atoms. The van der Waals surface area contributed by atoms with Crippen LogP contribution < -0.4 is 15.8 Å². The second-order valence-electron chi connectivity index (χ2n) is 11.4. The van der Waals surface area contributed by atoms with Crippen LogP contribution in [0.4, 0.5) is 32.2 Å². The average molecular weight is 659 g/mol. The van der Waals surface area contributed by atoms with Crippen molar-refractivity contribution in [1.29, 1.82) is 0 Å². The zero-order valence-electron chi connectivity index (χ0n) is 24.8. The van der Waals surface area contributed by atoms with E-state index in [2.05, 4.69) is 20.4 Å². The fourth-order valence-electron chi connectivity index (χ4n) is 5.81. The number of rotatable bonds is 8. The molecule has 0 aliphatic carbocycles. The number of nitrogens with one attached hydrogen (secondary N) is 1. The van der Waals surface area contributed by atoms with Crippen LogP contribution in [0.15, 0.2) is 24.7 Å². The summed E-state index contributed by atoms with van der Waals surface area (Å²) in [7, 11) is 1.24. The fourth-order valence-corrected chi connectivity index (χ4v) is 5.81. The van der Waals surface area contributed by atoms with Crippen molar-refractivity contribution < 1.29 is 45.8 Å². The van der Waals surface area contributed by atoms with Gasteiger partial charge >= 0.3 is 6.18 Å². The number of methoxy groups -OCH3 is 1. The van der Waals surface area contributed by atoms with Crippen LogP contribution in [0.2, 0.25) is 0 Å². The van der Waals surface area contributed by atoms with E-state index in [1.54, 1.807) is 6.07 Å². The van der Waals surface area contributed by atoms with Gasteiger partial charge in [-0.2, -0.15) is 18.3 Å². The molecule has 2 aliphatic rings. The van der Waals surface area contributed by atoms with Crippen LogP contribution in [0, 0.1) is 0 Å². The highest BCUT2D eigenvalue weighted by Gasteiger charge is 2.60. The summed E-state index contributed by atoms with van der Waals surface area (Å²) in [4.78, 5) is 36.8. The predicted molar refractivity (Wildman–Crippen MR) is 151 cm³/mol. The van der Waals surface area contributed by atoms with Gasteiger partial charge in [-0.3, -0.25) is 14.5 Å². The van der Waals surface area contributed by atoms with Gasteiger partial charge in [0.2, 0.25) is 11.5 Å². The van der Waals surface area contributed by atoms with Crippen molar-refractivity contribution in [3.8, 4) is 17.1 Å². The number of pyridine rings is 1. The van der Waals surface area contributed by atoms with Crippen molar-refractivity contribution in [3.05, 3.63) is 35.8 Å². The van der Waals surface area contributed by atoms with E-state index >= 15 is 4.39 Å². The van der Waals surface area contributed by atoms with Crippen molar-refractivity contribution in [2.24, 2.45) is 0 Å². The summed E-state index contributed by atoms with van der Waals surface area (Å²) in [5.74, 6) is -5.47. The fraction of sp³-hybridized carbons (Fsp3) is 0.536. The number of piperidine rings is 1. The lowest BCUT2D eigenvalue weighted by molar-refractivity contribution is -0.256. The maximum Gasteiger partial charge on any atom is 0.426 e. The summed E-state index contributed by atoms with van der Waals surface area (Å²) in [5, 5.41) is 16.8. The number of halogens is 6. The van der Waals surface area contributed by atoms with Crippen LogP contribution in [0.3, 0.4) is 0 Å². The number of hydrogen-bond donors (Lipinski definition) is 3. The highest BCUT2D eigenvalue weighted by molar-refractivity contribution is 6.03. The Labute approximate surface area is 258 Å². The third-order valence-electron chi connectivity index (χ3n) is 8.44. The molecule has 0 bridgehead atoms. The first-order chi connectivity index (χ1) is 21.6. The first-order valence-corrected chi connectivity index (χ1v) is 14.4. The van der Waals surface area contributed by atoms with E-state index in [1.807, 2.05) is 4.90 Å². The van der Waals surface area contributed by atoms with Gasteiger partial charge in [-0.05, 0) is 24.1 Å². The molecule has 2 saturated heterocycles. The Morgan fingerprint density at radius 1 is 1.20 bits per heavy atom. The molecule has 18 heteroatoms. The largest absolute Gasteiger partial charge is 0.480 e. The molecule has 5 rings (SSSR count). The van der Waals surface area contributed by atoms with Crippen LogP contribution in [0.1, 0.15) is 42.1 Å². The molecular weight excluding hydrogens is 626 g/mol. The van der Waals surface area contributed by atoms with Crippen molar-refractivity contribution in [2.75, 3.05) is 39.0 Å². The van der Waals surface area contributed by atoms with Crippen LogP contribution in [-0.4, -0.2) is 110 Å². The molecule has 5 heterocycles. The Hall–Kier alpha value is -4.19. The summed E-state index contributed by atoms with van der Waals surface area (Å²) in [6.45, 7) is 0.0355. The second kappa shape index (κ2) is 12.2. The number of ether oxygens (including phenoxy) is 1. The molecule has 3 aromatic heterocycles. The summed E-state index contributed by atoms with van der Waals surface area (Å²) >= 11 is 0. The minimum Gasteiger partial charge on any atom is -0.480 e. The lowest BCUT2D eigenvalue weighted by atomic mass is 9.98. The highest BCUT2D eigenvalue weighted by Crippen LogP contribution is 2.37. The lowest BCUT2D eigenvalue weighted by Crippen LogP contribution is -2.57. The molecule has 3 aromatic rings. The molecule has 250 valence electrons. The molecule has 0 aromatic carbocycles. The lowest BCUT2D eigenvalue weighted by Gasteiger charge is -2.31. The number of nitrogen functional groups attached to an aromatic ring is 1. The van der Waals surface area contributed by atoms with Crippen LogP contribution in [0.5, 0.6) is 5.88 Å². The number of likely N-dealkylation sites (tertiary alicyclic amines) is 2. The average Bonchev–Trinajstić information content (AvgIpc) is 3.56. The first kappa shape index (κ1) is 33.2. The number of amides is 2. The molecule has 2 fully saturated rings. The van der Waals surface area contributed by atoms with Crippen molar-refractivity contribution in [3.63, 3.8) is 0 Å². The summed E-state index contributed by atoms with van der Waals surface area (Å²) in [5.41, 5.74) is 3.77. The summed E-state index contributed by atoms with van der Waals surface area (Å²) in [6, 6.07) is 1.69. The van der Waals surface area contributed by atoms with Gasteiger partial charge in [-0.1, -0.05) is 6.92 Å². The number of nitrogens with two attached hydrogens (primary N) is 1.